The van der Waals surface area contributed by atoms with Gasteiger partial charge in [0.25, 0.3) is 0 Å². The average Bonchev–Trinajstić information content (AvgIpc) is 2.54. The molecule has 1 saturated carbocycles. The molecule has 2 N–H and O–H groups in total. The van der Waals surface area contributed by atoms with Crippen LogP contribution in [0, 0.1) is 17.8 Å². The van der Waals surface area contributed by atoms with Gasteiger partial charge in [0.2, 0.25) is 0 Å². The number of aryl methyl sites for hydroxylation is 1. The molecular weight excluding hydrogens is 258 g/mol. The molecule has 0 aliphatic heterocycles. The summed E-state index contributed by atoms with van der Waals surface area (Å²) in [6.45, 7) is 3.17. The van der Waals surface area contributed by atoms with Crippen LogP contribution in [0.3, 0.4) is 0 Å². The van der Waals surface area contributed by atoms with Gasteiger partial charge in [0.05, 0.1) is 7.11 Å². The minimum atomic E-state index is 0.747. The van der Waals surface area contributed by atoms with Gasteiger partial charge in [-0.05, 0) is 67.7 Å². The van der Waals surface area contributed by atoms with E-state index in [0.29, 0.717) is 0 Å². The van der Waals surface area contributed by atoms with Gasteiger partial charge in [0.1, 0.15) is 5.75 Å². The molecule has 1 fully saturated rings. The first-order chi connectivity index (χ1) is 10.3. The lowest BCUT2D eigenvalue weighted by molar-refractivity contribution is 0.167. The van der Waals surface area contributed by atoms with Gasteiger partial charge in [-0.25, -0.2) is 0 Å². The molecule has 3 unspecified atom stereocenters. The summed E-state index contributed by atoms with van der Waals surface area (Å²) in [5, 5.41) is 0. The molecule has 0 heterocycles. The lowest BCUT2D eigenvalue weighted by Gasteiger charge is -2.36. The zero-order valence-corrected chi connectivity index (χ0v) is 13.7. The Hall–Kier alpha value is -1.02. The fourth-order valence-electron chi connectivity index (χ4n) is 3.90. The van der Waals surface area contributed by atoms with Crippen molar-refractivity contribution in [3.05, 3.63) is 29.8 Å². The standard InChI is InChI=1S/C19H31NO/c1-3-4-16-6-10-18(14-20)17(13-16)9-5-15-7-11-19(21-2)12-8-15/h7-8,11-12,16-18H,3-6,9-10,13-14,20H2,1-2H3. The highest BCUT2D eigenvalue weighted by Gasteiger charge is 2.28. The Labute approximate surface area is 130 Å². The van der Waals surface area contributed by atoms with Gasteiger partial charge in [-0.3, -0.25) is 0 Å². The van der Waals surface area contributed by atoms with Crippen molar-refractivity contribution in [1.29, 1.82) is 0 Å². The van der Waals surface area contributed by atoms with Crippen molar-refractivity contribution in [2.75, 3.05) is 13.7 Å². The Balaban J connectivity index is 1.88. The van der Waals surface area contributed by atoms with Crippen molar-refractivity contribution in [1.82, 2.24) is 0 Å². The second-order valence-corrected chi connectivity index (χ2v) is 6.61. The van der Waals surface area contributed by atoms with Crippen LogP contribution in [0.25, 0.3) is 0 Å². The van der Waals surface area contributed by atoms with Gasteiger partial charge in [-0.1, -0.05) is 38.3 Å². The Bertz CT molecular complexity index is 401. The van der Waals surface area contributed by atoms with E-state index in [9.17, 15) is 0 Å². The van der Waals surface area contributed by atoms with E-state index in [1.165, 1.54) is 50.5 Å². The third-order valence-corrected chi connectivity index (χ3v) is 5.21. The van der Waals surface area contributed by atoms with Crippen LogP contribution in [-0.4, -0.2) is 13.7 Å². The summed E-state index contributed by atoms with van der Waals surface area (Å²) in [6, 6.07) is 8.53. The maximum absolute atomic E-state index is 6.00. The zero-order chi connectivity index (χ0) is 15.1. The van der Waals surface area contributed by atoms with E-state index >= 15 is 0 Å². The predicted molar refractivity (Wildman–Crippen MR) is 89.6 cm³/mol. The lowest BCUT2D eigenvalue weighted by Crippen LogP contribution is -2.30. The van der Waals surface area contributed by atoms with E-state index in [4.69, 9.17) is 10.5 Å². The number of rotatable bonds is 7. The second-order valence-electron chi connectivity index (χ2n) is 6.61. The van der Waals surface area contributed by atoms with Gasteiger partial charge in [0.15, 0.2) is 0 Å². The molecule has 1 aliphatic rings. The van der Waals surface area contributed by atoms with Crippen LogP contribution in [-0.2, 0) is 6.42 Å². The molecule has 0 spiro atoms. The quantitative estimate of drug-likeness (QED) is 0.806. The molecule has 0 aromatic heterocycles. The Kier molecular flexibility index (Phi) is 6.56. The summed E-state index contributed by atoms with van der Waals surface area (Å²) < 4.78 is 5.22. The first kappa shape index (κ1) is 16.4. The summed E-state index contributed by atoms with van der Waals surface area (Å²) in [4.78, 5) is 0. The first-order valence-electron chi connectivity index (χ1n) is 8.59. The number of hydrogen-bond donors (Lipinski definition) is 1. The third kappa shape index (κ3) is 4.74. The maximum atomic E-state index is 6.00. The summed E-state index contributed by atoms with van der Waals surface area (Å²) in [7, 11) is 1.72. The third-order valence-electron chi connectivity index (χ3n) is 5.21. The zero-order valence-electron chi connectivity index (χ0n) is 13.7. The smallest absolute Gasteiger partial charge is 0.118 e. The Morgan fingerprint density at radius 1 is 1.10 bits per heavy atom. The minimum absolute atomic E-state index is 0.747. The van der Waals surface area contributed by atoms with E-state index in [2.05, 4.69) is 31.2 Å². The Morgan fingerprint density at radius 3 is 2.48 bits per heavy atom. The van der Waals surface area contributed by atoms with E-state index in [1.54, 1.807) is 7.11 Å². The largest absolute Gasteiger partial charge is 0.497 e. The van der Waals surface area contributed by atoms with Gasteiger partial charge >= 0.3 is 0 Å². The molecule has 2 rings (SSSR count). The number of ether oxygens (including phenoxy) is 1. The number of hydrogen-bond acceptors (Lipinski definition) is 2. The van der Waals surface area contributed by atoms with Crippen molar-refractivity contribution in [2.45, 2.75) is 51.9 Å². The van der Waals surface area contributed by atoms with Crippen molar-refractivity contribution in [2.24, 2.45) is 23.5 Å². The highest BCUT2D eigenvalue weighted by Crippen LogP contribution is 2.38. The molecule has 21 heavy (non-hydrogen) atoms. The van der Waals surface area contributed by atoms with Crippen LogP contribution in [0.15, 0.2) is 24.3 Å². The SMILES string of the molecule is CCCC1CCC(CN)C(CCc2ccc(OC)cc2)C1. The Morgan fingerprint density at radius 2 is 1.86 bits per heavy atom. The topological polar surface area (TPSA) is 35.2 Å². The molecule has 1 aromatic carbocycles. The molecule has 0 bridgehead atoms. The van der Waals surface area contributed by atoms with Gasteiger partial charge in [-0.2, -0.15) is 0 Å². The molecule has 1 aromatic rings. The fraction of sp³-hybridized carbons (Fsp3) is 0.684. The minimum Gasteiger partial charge on any atom is -0.497 e. The highest BCUT2D eigenvalue weighted by molar-refractivity contribution is 5.27. The highest BCUT2D eigenvalue weighted by atomic mass is 16.5. The van der Waals surface area contributed by atoms with Crippen LogP contribution in [0.4, 0.5) is 0 Å². The molecule has 0 saturated heterocycles. The van der Waals surface area contributed by atoms with E-state index in [-0.39, 0.29) is 0 Å². The van der Waals surface area contributed by atoms with Gasteiger partial charge in [-0.15, -0.1) is 0 Å². The van der Waals surface area contributed by atoms with E-state index in [1.807, 2.05) is 0 Å². The molecule has 0 amide bonds. The molecule has 3 atom stereocenters. The molecule has 2 heteroatoms. The maximum Gasteiger partial charge on any atom is 0.118 e. The summed E-state index contributed by atoms with van der Waals surface area (Å²) in [5.41, 5.74) is 7.42. The molecule has 2 nitrogen and oxygen atoms in total. The first-order valence-corrected chi connectivity index (χ1v) is 8.59. The van der Waals surface area contributed by atoms with E-state index < -0.39 is 0 Å². The lowest BCUT2D eigenvalue weighted by atomic mass is 9.71. The van der Waals surface area contributed by atoms with Crippen molar-refractivity contribution in [3.63, 3.8) is 0 Å². The monoisotopic (exact) mass is 289 g/mol. The van der Waals surface area contributed by atoms with Crippen LogP contribution in [0.1, 0.15) is 51.0 Å². The molecule has 1 aliphatic carbocycles. The molecule has 118 valence electrons. The van der Waals surface area contributed by atoms with Crippen LogP contribution < -0.4 is 10.5 Å². The van der Waals surface area contributed by atoms with Crippen molar-refractivity contribution < 1.29 is 4.74 Å². The summed E-state index contributed by atoms with van der Waals surface area (Å²) >= 11 is 0. The van der Waals surface area contributed by atoms with Gasteiger partial charge < -0.3 is 10.5 Å². The summed E-state index contributed by atoms with van der Waals surface area (Å²) in [5.74, 6) is 3.46. The van der Waals surface area contributed by atoms with Gasteiger partial charge in [0, 0.05) is 0 Å². The molecular formula is C19H31NO. The number of methoxy groups -OCH3 is 1. The van der Waals surface area contributed by atoms with Crippen molar-refractivity contribution >= 4 is 0 Å². The number of benzene rings is 1. The average molecular weight is 289 g/mol. The van der Waals surface area contributed by atoms with E-state index in [0.717, 1.165) is 30.0 Å². The molecule has 0 radical (unpaired) electrons. The van der Waals surface area contributed by atoms with Crippen molar-refractivity contribution in [3.8, 4) is 5.75 Å². The predicted octanol–water partition coefficient (Wildman–Crippen LogP) is 4.42. The van der Waals surface area contributed by atoms with Crippen LogP contribution in [0.2, 0.25) is 0 Å². The second kappa shape index (κ2) is 8.43. The fourth-order valence-corrected chi connectivity index (χ4v) is 3.90. The van der Waals surface area contributed by atoms with Crippen LogP contribution >= 0.6 is 0 Å². The summed E-state index contributed by atoms with van der Waals surface area (Å²) in [6.07, 6.45) is 9.31. The normalized spacial score (nSPS) is 25.8. The number of nitrogens with two attached hydrogens (primary N) is 1. The van der Waals surface area contributed by atoms with Crippen LogP contribution in [0.5, 0.6) is 5.75 Å².